The van der Waals surface area contributed by atoms with Crippen molar-refractivity contribution < 1.29 is 9.53 Å². The van der Waals surface area contributed by atoms with Crippen LogP contribution >= 0.6 is 0 Å². The molecular formula is C13H16N4O2. The highest BCUT2D eigenvalue weighted by Crippen LogP contribution is 2.43. The van der Waals surface area contributed by atoms with Crippen LogP contribution in [0.1, 0.15) is 37.7 Å². The van der Waals surface area contributed by atoms with Crippen molar-refractivity contribution in [2.75, 3.05) is 6.61 Å². The summed E-state index contributed by atoms with van der Waals surface area (Å²) in [6.45, 7) is 4.10. The molecule has 0 unspecified atom stereocenters. The summed E-state index contributed by atoms with van der Waals surface area (Å²) in [4.78, 5) is 12.2. The van der Waals surface area contributed by atoms with E-state index >= 15 is 0 Å². The quantitative estimate of drug-likeness (QED) is 0.780. The molecule has 0 N–H and O–H groups in total. The van der Waals surface area contributed by atoms with Gasteiger partial charge in [-0.3, -0.25) is 4.79 Å². The van der Waals surface area contributed by atoms with Gasteiger partial charge >= 0.3 is 5.97 Å². The van der Waals surface area contributed by atoms with Crippen LogP contribution in [0.2, 0.25) is 0 Å². The van der Waals surface area contributed by atoms with E-state index in [4.69, 9.17) is 4.74 Å². The number of aryl methyl sites for hydroxylation is 1. The fourth-order valence-electron chi connectivity index (χ4n) is 2.50. The van der Waals surface area contributed by atoms with Crippen LogP contribution in [0.4, 0.5) is 0 Å². The van der Waals surface area contributed by atoms with Gasteiger partial charge in [0.1, 0.15) is 5.41 Å². The summed E-state index contributed by atoms with van der Waals surface area (Å²) in [6.07, 6.45) is 2.50. The third kappa shape index (κ3) is 1.70. The lowest BCUT2D eigenvalue weighted by molar-refractivity contribution is -0.154. The zero-order valence-electron chi connectivity index (χ0n) is 11.1. The Bertz CT molecular complexity index is 631. The molecule has 2 aromatic heterocycles. The number of aromatic nitrogens is 4. The minimum absolute atomic E-state index is 0.209. The molecule has 2 heterocycles. The summed E-state index contributed by atoms with van der Waals surface area (Å²) >= 11 is 0. The van der Waals surface area contributed by atoms with Gasteiger partial charge in [-0.05, 0) is 38.8 Å². The standard InChI is InChI=1S/C13H16N4O2/c1-3-19-12(18)13(7-4-8-13)11-15-14-10-6-5-9(2)16-17(10)11/h5-6H,3-4,7-8H2,1-2H3. The zero-order chi connectivity index (χ0) is 13.5. The highest BCUT2D eigenvalue weighted by molar-refractivity contribution is 5.83. The van der Waals surface area contributed by atoms with Crippen molar-refractivity contribution in [2.45, 2.75) is 38.5 Å². The molecule has 1 saturated carbocycles. The van der Waals surface area contributed by atoms with Gasteiger partial charge in [0, 0.05) is 0 Å². The lowest BCUT2D eigenvalue weighted by Crippen LogP contribution is -2.45. The van der Waals surface area contributed by atoms with E-state index in [1.54, 1.807) is 4.52 Å². The molecule has 19 heavy (non-hydrogen) atoms. The summed E-state index contributed by atoms with van der Waals surface area (Å²) in [6, 6.07) is 3.74. The molecule has 3 rings (SSSR count). The normalized spacial score (nSPS) is 17.2. The van der Waals surface area contributed by atoms with Crippen LogP contribution in [0.5, 0.6) is 0 Å². The summed E-state index contributed by atoms with van der Waals surface area (Å²) in [7, 11) is 0. The number of carbonyl (C=O) groups is 1. The number of fused-ring (bicyclic) bond motifs is 1. The predicted molar refractivity (Wildman–Crippen MR) is 67.7 cm³/mol. The number of nitrogens with zero attached hydrogens (tertiary/aromatic N) is 4. The van der Waals surface area contributed by atoms with Crippen molar-refractivity contribution in [3.05, 3.63) is 23.7 Å². The Kier molecular flexibility index (Phi) is 2.73. The Morgan fingerprint density at radius 1 is 1.42 bits per heavy atom. The molecule has 0 aliphatic heterocycles. The lowest BCUT2D eigenvalue weighted by Gasteiger charge is -2.36. The first-order valence-electron chi connectivity index (χ1n) is 6.54. The summed E-state index contributed by atoms with van der Waals surface area (Å²) in [5.41, 5.74) is 0.874. The topological polar surface area (TPSA) is 69.4 Å². The average Bonchev–Trinajstić information content (AvgIpc) is 2.72. The largest absolute Gasteiger partial charge is 0.465 e. The second kappa shape index (κ2) is 4.29. The van der Waals surface area contributed by atoms with Crippen LogP contribution in [-0.2, 0) is 14.9 Å². The molecule has 1 fully saturated rings. The van der Waals surface area contributed by atoms with Crippen LogP contribution in [-0.4, -0.2) is 32.4 Å². The van der Waals surface area contributed by atoms with Crippen molar-refractivity contribution in [3.8, 4) is 0 Å². The lowest BCUT2D eigenvalue weighted by atomic mass is 9.68. The molecule has 6 heteroatoms. The Morgan fingerprint density at radius 2 is 2.21 bits per heavy atom. The first kappa shape index (κ1) is 12.1. The number of rotatable bonds is 3. The average molecular weight is 260 g/mol. The van der Waals surface area contributed by atoms with Gasteiger partial charge in [-0.25, -0.2) is 0 Å². The molecule has 1 aliphatic carbocycles. The number of carbonyl (C=O) groups excluding carboxylic acids is 1. The molecule has 0 atom stereocenters. The summed E-state index contributed by atoms with van der Waals surface area (Å²) < 4.78 is 6.88. The first-order chi connectivity index (χ1) is 9.17. The van der Waals surface area contributed by atoms with Crippen molar-refractivity contribution >= 4 is 11.6 Å². The van der Waals surface area contributed by atoms with Crippen molar-refractivity contribution in [1.29, 1.82) is 0 Å². The van der Waals surface area contributed by atoms with Gasteiger partial charge in [0.15, 0.2) is 11.5 Å². The maximum absolute atomic E-state index is 12.2. The third-order valence-corrected chi connectivity index (χ3v) is 3.70. The molecule has 0 spiro atoms. The minimum Gasteiger partial charge on any atom is -0.465 e. The summed E-state index contributed by atoms with van der Waals surface area (Å²) in [5, 5.41) is 12.7. The van der Waals surface area contributed by atoms with Crippen molar-refractivity contribution in [1.82, 2.24) is 19.8 Å². The van der Waals surface area contributed by atoms with E-state index in [2.05, 4.69) is 15.3 Å². The van der Waals surface area contributed by atoms with E-state index in [0.29, 0.717) is 18.1 Å². The highest BCUT2D eigenvalue weighted by Gasteiger charge is 2.51. The molecule has 6 nitrogen and oxygen atoms in total. The summed E-state index contributed by atoms with van der Waals surface area (Å²) in [5.74, 6) is 0.398. The zero-order valence-corrected chi connectivity index (χ0v) is 11.1. The molecule has 0 radical (unpaired) electrons. The van der Waals surface area contributed by atoms with Gasteiger partial charge in [0.05, 0.1) is 12.3 Å². The Hall–Kier alpha value is -1.98. The van der Waals surface area contributed by atoms with Gasteiger partial charge in [0.2, 0.25) is 0 Å². The van der Waals surface area contributed by atoms with E-state index in [-0.39, 0.29) is 5.97 Å². The van der Waals surface area contributed by atoms with Crippen LogP contribution in [0, 0.1) is 6.92 Å². The van der Waals surface area contributed by atoms with Gasteiger partial charge in [-0.2, -0.15) is 9.61 Å². The SMILES string of the molecule is CCOC(=O)C1(c2nnc3ccc(C)nn23)CCC1. The van der Waals surface area contributed by atoms with E-state index < -0.39 is 5.41 Å². The number of esters is 1. The number of hydrogen-bond donors (Lipinski definition) is 0. The predicted octanol–water partition coefficient (Wildman–Crippen LogP) is 1.42. The van der Waals surface area contributed by atoms with Gasteiger partial charge in [-0.1, -0.05) is 6.42 Å². The first-order valence-corrected chi connectivity index (χ1v) is 6.54. The van der Waals surface area contributed by atoms with Crippen LogP contribution in [0.3, 0.4) is 0 Å². The van der Waals surface area contributed by atoms with Crippen LogP contribution in [0.25, 0.3) is 5.65 Å². The van der Waals surface area contributed by atoms with Crippen molar-refractivity contribution in [2.24, 2.45) is 0 Å². The monoisotopic (exact) mass is 260 g/mol. The number of ether oxygens (including phenoxy) is 1. The fourth-order valence-corrected chi connectivity index (χ4v) is 2.50. The fraction of sp³-hybridized carbons (Fsp3) is 0.538. The van der Waals surface area contributed by atoms with E-state index in [0.717, 1.165) is 25.0 Å². The third-order valence-electron chi connectivity index (χ3n) is 3.70. The van der Waals surface area contributed by atoms with Crippen LogP contribution < -0.4 is 0 Å². The maximum Gasteiger partial charge on any atom is 0.319 e. The Balaban J connectivity index is 2.11. The molecule has 1 aliphatic rings. The smallest absolute Gasteiger partial charge is 0.319 e. The Morgan fingerprint density at radius 3 is 2.84 bits per heavy atom. The van der Waals surface area contributed by atoms with E-state index in [1.165, 1.54) is 0 Å². The van der Waals surface area contributed by atoms with Gasteiger partial charge < -0.3 is 4.74 Å². The second-order valence-corrected chi connectivity index (χ2v) is 4.92. The molecule has 2 aromatic rings. The minimum atomic E-state index is -0.657. The molecular weight excluding hydrogens is 244 g/mol. The number of hydrogen-bond acceptors (Lipinski definition) is 5. The molecule has 0 aromatic carbocycles. The molecule has 100 valence electrons. The Labute approximate surface area is 110 Å². The van der Waals surface area contributed by atoms with E-state index in [1.807, 2.05) is 26.0 Å². The highest BCUT2D eigenvalue weighted by atomic mass is 16.5. The second-order valence-electron chi connectivity index (χ2n) is 4.92. The van der Waals surface area contributed by atoms with Crippen molar-refractivity contribution in [3.63, 3.8) is 0 Å². The maximum atomic E-state index is 12.2. The molecule has 0 amide bonds. The van der Waals surface area contributed by atoms with Gasteiger partial charge in [0.25, 0.3) is 0 Å². The van der Waals surface area contributed by atoms with Gasteiger partial charge in [-0.15, -0.1) is 10.2 Å². The molecule has 0 bridgehead atoms. The van der Waals surface area contributed by atoms with Crippen LogP contribution in [0.15, 0.2) is 12.1 Å². The van der Waals surface area contributed by atoms with E-state index in [9.17, 15) is 4.79 Å². The molecule has 0 saturated heterocycles.